The summed E-state index contributed by atoms with van der Waals surface area (Å²) in [7, 11) is -1.70. The Bertz CT molecular complexity index is 240. The largest absolute Gasteiger partial charge is 0.545 e. The van der Waals surface area contributed by atoms with Gasteiger partial charge in [-0.2, -0.15) is 0 Å². The normalized spacial score (nSPS) is 27.3. The van der Waals surface area contributed by atoms with Crippen molar-refractivity contribution in [1.29, 1.82) is 0 Å². The zero-order chi connectivity index (χ0) is 11.1. The molecule has 0 unspecified atom stereocenters. The highest BCUT2D eigenvalue weighted by molar-refractivity contribution is 6.74. The van der Waals surface area contributed by atoms with Crippen molar-refractivity contribution in [3.8, 4) is 0 Å². The Balaban J connectivity index is 2.55. The molecule has 14 heavy (non-hydrogen) atoms. The van der Waals surface area contributed by atoms with Crippen LogP contribution in [0.15, 0.2) is 12.3 Å². The first-order chi connectivity index (χ1) is 6.15. The zero-order valence-electron chi connectivity index (χ0n) is 10.2. The van der Waals surface area contributed by atoms with E-state index in [1.165, 1.54) is 0 Å². The summed E-state index contributed by atoms with van der Waals surface area (Å²) in [6, 6.07) is 0. The van der Waals surface area contributed by atoms with Crippen molar-refractivity contribution >= 4 is 8.32 Å². The van der Waals surface area contributed by atoms with Gasteiger partial charge < -0.3 is 9.16 Å². The van der Waals surface area contributed by atoms with E-state index in [-0.39, 0.29) is 11.1 Å². The van der Waals surface area contributed by atoms with Crippen LogP contribution in [0.5, 0.6) is 0 Å². The second-order valence-corrected chi connectivity index (χ2v) is 10.3. The fraction of sp³-hybridized carbons (Fsp3) is 0.818. The molecule has 1 aliphatic heterocycles. The predicted molar refractivity (Wildman–Crippen MR) is 61.8 cm³/mol. The smallest absolute Gasteiger partial charge is 0.250 e. The number of hydrogen-bond donors (Lipinski definition) is 0. The number of ether oxygens (including phenoxy) is 1. The van der Waals surface area contributed by atoms with Gasteiger partial charge in [0.25, 0.3) is 0 Å². The van der Waals surface area contributed by atoms with Crippen molar-refractivity contribution in [3.05, 3.63) is 12.3 Å². The van der Waals surface area contributed by atoms with Crippen molar-refractivity contribution in [1.82, 2.24) is 0 Å². The lowest BCUT2D eigenvalue weighted by Crippen LogP contribution is -2.40. The first-order valence-electron chi connectivity index (χ1n) is 5.18. The van der Waals surface area contributed by atoms with E-state index < -0.39 is 8.32 Å². The van der Waals surface area contributed by atoms with Crippen molar-refractivity contribution in [2.75, 3.05) is 0 Å². The Morgan fingerprint density at radius 1 is 1.36 bits per heavy atom. The van der Waals surface area contributed by atoms with E-state index >= 15 is 0 Å². The van der Waals surface area contributed by atoms with Gasteiger partial charge in [0.2, 0.25) is 8.32 Å². The Morgan fingerprint density at radius 2 is 1.79 bits per heavy atom. The average molecular weight is 214 g/mol. The Kier molecular flexibility index (Phi) is 2.85. The maximum absolute atomic E-state index is 6.02. The maximum atomic E-state index is 6.02. The van der Waals surface area contributed by atoms with Gasteiger partial charge in [-0.15, -0.1) is 0 Å². The van der Waals surface area contributed by atoms with Gasteiger partial charge in [0.15, 0.2) is 0 Å². The Labute approximate surface area is 88.4 Å². The average Bonchev–Trinajstić information content (AvgIpc) is 2.63. The molecule has 1 saturated heterocycles. The summed E-state index contributed by atoms with van der Waals surface area (Å²) in [6.45, 7) is 17.1. The van der Waals surface area contributed by atoms with Crippen LogP contribution in [0.25, 0.3) is 0 Å². The molecule has 0 N–H and O–H groups in total. The van der Waals surface area contributed by atoms with Crippen LogP contribution < -0.4 is 0 Å². The monoisotopic (exact) mass is 214 g/mol. The summed E-state index contributed by atoms with van der Waals surface area (Å²) < 4.78 is 11.4. The lowest BCUT2D eigenvalue weighted by molar-refractivity contribution is 0.315. The lowest BCUT2D eigenvalue weighted by atomic mass is 10.2. The zero-order valence-corrected chi connectivity index (χ0v) is 11.2. The highest BCUT2D eigenvalue weighted by atomic mass is 28.4. The second kappa shape index (κ2) is 3.38. The topological polar surface area (TPSA) is 21.8 Å². The van der Waals surface area contributed by atoms with Crippen LogP contribution in [0.1, 0.15) is 27.7 Å². The van der Waals surface area contributed by atoms with Gasteiger partial charge in [-0.25, -0.2) is 0 Å². The minimum absolute atomic E-state index is 0.143. The molecule has 2 atom stereocenters. The Morgan fingerprint density at radius 3 is 2.07 bits per heavy atom. The van der Waals surface area contributed by atoms with Gasteiger partial charge in [-0.1, -0.05) is 27.4 Å². The van der Waals surface area contributed by atoms with E-state index in [0.717, 1.165) is 5.76 Å². The van der Waals surface area contributed by atoms with Gasteiger partial charge in [-0.3, -0.25) is 0 Å². The van der Waals surface area contributed by atoms with Crippen molar-refractivity contribution in [3.63, 3.8) is 0 Å². The molecule has 82 valence electrons. The minimum Gasteiger partial charge on any atom is -0.545 e. The molecule has 0 saturated carbocycles. The first-order valence-corrected chi connectivity index (χ1v) is 8.09. The third-order valence-electron chi connectivity index (χ3n) is 3.22. The molecule has 0 aromatic carbocycles. The summed E-state index contributed by atoms with van der Waals surface area (Å²) >= 11 is 0. The quantitative estimate of drug-likeness (QED) is 0.408. The highest BCUT2D eigenvalue weighted by Crippen LogP contribution is 2.40. The molecular formula is C11H22O2Si. The van der Waals surface area contributed by atoms with Crippen molar-refractivity contribution in [2.24, 2.45) is 0 Å². The highest BCUT2D eigenvalue weighted by Gasteiger charge is 2.44. The number of hydrogen-bond acceptors (Lipinski definition) is 2. The van der Waals surface area contributed by atoms with E-state index in [0.29, 0.717) is 6.10 Å². The van der Waals surface area contributed by atoms with Gasteiger partial charge in [0.1, 0.15) is 11.9 Å². The molecule has 0 aromatic rings. The summed E-state index contributed by atoms with van der Waals surface area (Å²) in [5.74, 6) is 0.823. The maximum Gasteiger partial charge on any atom is 0.250 e. The number of rotatable bonds is 3. The molecule has 1 heterocycles. The first kappa shape index (κ1) is 11.8. The molecular weight excluding hydrogens is 192 g/mol. The van der Waals surface area contributed by atoms with Crippen LogP contribution >= 0.6 is 0 Å². The molecule has 0 aromatic heterocycles. The molecule has 0 spiro atoms. The third kappa shape index (κ3) is 2.39. The fourth-order valence-electron chi connectivity index (χ4n) is 1.06. The standard InChI is InChI=1S/C11H22O2Si/c1-8-10(12-8)9(2)13-14(6,7)11(3,4)5/h8,10H,2H2,1,3-7H3/t8-,10-/m0/s1. The molecule has 0 amide bonds. The minimum atomic E-state index is -1.70. The van der Waals surface area contributed by atoms with Crippen LogP contribution in [0.4, 0.5) is 0 Å². The molecule has 1 fully saturated rings. The molecule has 0 radical (unpaired) electrons. The number of epoxide rings is 1. The summed E-state index contributed by atoms with van der Waals surface area (Å²) in [5.41, 5.74) is 0. The Hall–Kier alpha value is -0.283. The molecule has 1 aliphatic rings. The van der Waals surface area contributed by atoms with Crippen molar-refractivity contribution < 1.29 is 9.16 Å². The van der Waals surface area contributed by atoms with E-state index in [1.807, 2.05) is 6.92 Å². The van der Waals surface area contributed by atoms with Gasteiger partial charge >= 0.3 is 0 Å². The summed E-state index contributed by atoms with van der Waals surface area (Å²) in [4.78, 5) is 0. The van der Waals surface area contributed by atoms with Gasteiger partial charge in [0.05, 0.1) is 6.10 Å². The molecule has 0 aliphatic carbocycles. The van der Waals surface area contributed by atoms with E-state index in [2.05, 4.69) is 40.4 Å². The van der Waals surface area contributed by atoms with E-state index in [4.69, 9.17) is 9.16 Å². The SMILES string of the molecule is C=C(O[Si](C)(C)C(C)(C)C)[C@H]1O[C@H]1C. The van der Waals surface area contributed by atoms with E-state index in [9.17, 15) is 0 Å². The van der Waals surface area contributed by atoms with Crippen LogP contribution in [-0.2, 0) is 9.16 Å². The van der Waals surface area contributed by atoms with Crippen LogP contribution in [0, 0.1) is 0 Å². The third-order valence-corrected chi connectivity index (χ3v) is 7.61. The summed E-state index contributed by atoms with van der Waals surface area (Å²) in [6.07, 6.45) is 0.441. The van der Waals surface area contributed by atoms with Crippen LogP contribution in [0.2, 0.25) is 18.1 Å². The van der Waals surface area contributed by atoms with Gasteiger partial charge in [0, 0.05) is 0 Å². The van der Waals surface area contributed by atoms with Crippen LogP contribution in [-0.4, -0.2) is 20.5 Å². The van der Waals surface area contributed by atoms with Crippen LogP contribution in [0.3, 0.4) is 0 Å². The van der Waals surface area contributed by atoms with E-state index in [1.54, 1.807) is 0 Å². The molecule has 3 heteroatoms. The molecule has 0 bridgehead atoms. The van der Waals surface area contributed by atoms with Crippen molar-refractivity contribution in [2.45, 2.75) is 58.0 Å². The summed E-state index contributed by atoms with van der Waals surface area (Å²) in [5, 5.41) is 0.230. The van der Waals surface area contributed by atoms with Gasteiger partial charge in [-0.05, 0) is 25.1 Å². The second-order valence-electron chi connectivity index (χ2n) is 5.59. The lowest BCUT2D eigenvalue weighted by Gasteiger charge is -2.36. The fourth-order valence-corrected chi connectivity index (χ4v) is 2.14. The predicted octanol–water partition coefficient (Wildman–Crippen LogP) is 3.31. The molecule has 1 rings (SSSR count). The molecule has 2 nitrogen and oxygen atoms in total.